The minimum atomic E-state index is -0.369. The lowest BCUT2D eigenvalue weighted by atomic mass is 10.1. The summed E-state index contributed by atoms with van der Waals surface area (Å²) in [5.41, 5.74) is 1.12. The van der Waals surface area contributed by atoms with Crippen LogP contribution in [0.15, 0.2) is 41.0 Å². The van der Waals surface area contributed by atoms with Gasteiger partial charge in [-0.15, -0.1) is 4.91 Å². The lowest BCUT2D eigenvalue weighted by Crippen LogP contribution is -2.29. The summed E-state index contributed by atoms with van der Waals surface area (Å²) >= 11 is 0. The molecule has 0 aromatic heterocycles. The molecule has 0 aromatic carbocycles. The third-order valence-corrected chi connectivity index (χ3v) is 2.54. The molecular weight excluding hydrogens is 246 g/mol. The maximum Gasteiger partial charge on any atom is 0.339 e. The zero-order valence-electron chi connectivity index (χ0n) is 11.5. The number of nitrogens with zero attached hydrogens (tertiary/aromatic N) is 3. The van der Waals surface area contributed by atoms with Gasteiger partial charge in [-0.25, -0.2) is 4.79 Å². The van der Waals surface area contributed by atoms with Crippen molar-refractivity contribution >= 4 is 5.97 Å². The fourth-order valence-electron chi connectivity index (χ4n) is 1.56. The zero-order valence-corrected chi connectivity index (χ0v) is 11.5. The summed E-state index contributed by atoms with van der Waals surface area (Å²) in [5, 5.41) is 2.78. The molecule has 6 nitrogen and oxygen atoms in total. The van der Waals surface area contributed by atoms with Gasteiger partial charge in [0.05, 0.1) is 24.1 Å². The van der Waals surface area contributed by atoms with Crippen LogP contribution in [0.3, 0.4) is 0 Å². The fourth-order valence-corrected chi connectivity index (χ4v) is 1.56. The van der Waals surface area contributed by atoms with E-state index in [4.69, 9.17) is 4.74 Å². The van der Waals surface area contributed by atoms with Crippen molar-refractivity contribution in [2.75, 3.05) is 33.8 Å². The van der Waals surface area contributed by atoms with Crippen LogP contribution in [0, 0.1) is 4.91 Å². The molecular formula is C13H19N3O3. The van der Waals surface area contributed by atoms with E-state index in [-0.39, 0.29) is 5.97 Å². The SMILES string of the molecule is CCOC(=O)C1=CN(CCN(C)C)/C(=C/N=O)C=C1. The van der Waals surface area contributed by atoms with E-state index < -0.39 is 0 Å². The Bertz CT molecular complexity index is 425. The van der Waals surface area contributed by atoms with E-state index in [1.165, 1.54) is 6.20 Å². The van der Waals surface area contributed by atoms with E-state index in [1.54, 1.807) is 25.3 Å². The van der Waals surface area contributed by atoms with Crippen LogP contribution in [-0.2, 0) is 9.53 Å². The van der Waals surface area contributed by atoms with Crippen molar-refractivity contribution in [2.45, 2.75) is 6.92 Å². The second kappa shape index (κ2) is 7.48. The Morgan fingerprint density at radius 2 is 2.21 bits per heavy atom. The van der Waals surface area contributed by atoms with Crippen molar-refractivity contribution in [3.63, 3.8) is 0 Å². The topological polar surface area (TPSA) is 62.2 Å². The number of esters is 1. The summed E-state index contributed by atoms with van der Waals surface area (Å²) < 4.78 is 4.95. The van der Waals surface area contributed by atoms with Gasteiger partial charge < -0.3 is 14.5 Å². The van der Waals surface area contributed by atoms with Gasteiger partial charge in [0, 0.05) is 19.3 Å². The van der Waals surface area contributed by atoms with Crippen molar-refractivity contribution in [1.82, 2.24) is 9.80 Å². The first-order chi connectivity index (χ1) is 9.08. The number of nitroso groups, excluding NO2 is 1. The van der Waals surface area contributed by atoms with Crippen LogP contribution in [0.25, 0.3) is 0 Å². The Balaban J connectivity index is 2.84. The Kier molecular flexibility index (Phi) is 5.95. The minimum absolute atomic E-state index is 0.334. The van der Waals surface area contributed by atoms with E-state index in [2.05, 4.69) is 5.18 Å². The van der Waals surface area contributed by atoms with E-state index in [1.807, 2.05) is 23.9 Å². The summed E-state index contributed by atoms with van der Waals surface area (Å²) in [6.45, 7) is 3.54. The molecule has 0 fully saturated rings. The summed E-state index contributed by atoms with van der Waals surface area (Å²) in [6.07, 6.45) is 6.22. The monoisotopic (exact) mass is 265 g/mol. The second-order valence-electron chi connectivity index (χ2n) is 4.29. The second-order valence-corrected chi connectivity index (χ2v) is 4.29. The first-order valence-corrected chi connectivity index (χ1v) is 6.09. The van der Waals surface area contributed by atoms with Gasteiger partial charge in [0.15, 0.2) is 0 Å². The molecule has 1 rings (SSSR count). The van der Waals surface area contributed by atoms with Gasteiger partial charge >= 0.3 is 5.97 Å². The molecule has 0 N–H and O–H groups in total. The Morgan fingerprint density at radius 1 is 1.47 bits per heavy atom. The smallest absolute Gasteiger partial charge is 0.339 e. The van der Waals surface area contributed by atoms with Crippen molar-refractivity contribution in [2.24, 2.45) is 5.18 Å². The Morgan fingerprint density at radius 3 is 2.79 bits per heavy atom. The van der Waals surface area contributed by atoms with Crippen molar-refractivity contribution in [3.8, 4) is 0 Å². The van der Waals surface area contributed by atoms with E-state index in [0.717, 1.165) is 6.54 Å². The van der Waals surface area contributed by atoms with Crippen LogP contribution >= 0.6 is 0 Å². The molecule has 1 aliphatic rings. The summed E-state index contributed by atoms with van der Waals surface area (Å²) in [4.78, 5) is 25.9. The van der Waals surface area contributed by atoms with E-state index in [9.17, 15) is 9.70 Å². The number of rotatable bonds is 6. The number of carbonyl (C=O) groups is 1. The molecule has 1 heterocycles. The Hall–Kier alpha value is -1.95. The molecule has 0 unspecified atom stereocenters. The van der Waals surface area contributed by atoms with Gasteiger partial charge in [-0.05, 0) is 38.3 Å². The van der Waals surface area contributed by atoms with Gasteiger partial charge in [-0.1, -0.05) is 0 Å². The molecule has 0 aliphatic carbocycles. The standard InChI is InChI=1S/C13H19N3O3/c1-4-19-13(17)11-5-6-12(9-14-18)16(10-11)8-7-15(2)3/h5-6,9-10H,4,7-8H2,1-3H3/b12-9+. The molecule has 0 aromatic rings. The molecule has 104 valence electrons. The van der Waals surface area contributed by atoms with Gasteiger partial charge in [-0.3, -0.25) is 0 Å². The minimum Gasteiger partial charge on any atom is -0.462 e. The van der Waals surface area contributed by atoms with Crippen molar-refractivity contribution in [1.29, 1.82) is 0 Å². The summed E-state index contributed by atoms with van der Waals surface area (Å²) in [5.74, 6) is -0.369. The van der Waals surface area contributed by atoms with Crippen molar-refractivity contribution in [3.05, 3.63) is 40.7 Å². The lowest BCUT2D eigenvalue weighted by molar-refractivity contribution is -0.138. The van der Waals surface area contributed by atoms with E-state index >= 15 is 0 Å². The average molecular weight is 265 g/mol. The molecule has 0 amide bonds. The molecule has 0 atom stereocenters. The highest BCUT2D eigenvalue weighted by Crippen LogP contribution is 2.18. The van der Waals surface area contributed by atoms with Gasteiger partial charge in [0.1, 0.15) is 0 Å². The molecule has 0 saturated carbocycles. The average Bonchev–Trinajstić information content (AvgIpc) is 2.38. The highest BCUT2D eigenvalue weighted by atomic mass is 16.5. The van der Waals surface area contributed by atoms with Crippen LogP contribution in [0.4, 0.5) is 0 Å². The zero-order chi connectivity index (χ0) is 14.3. The first-order valence-electron chi connectivity index (χ1n) is 6.09. The summed E-state index contributed by atoms with van der Waals surface area (Å²) in [6, 6.07) is 0. The molecule has 6 heteroatoms. The first kappa shape index (κ1) is 15.1. The number of hydrogen-bond acceptors (Lipinski definition) is 6. The van der Waals surface area contributed by atoms with Gasteiger partial charge in [-0.2, -0.15) is 0 Å². The quantitative estimate of drug-likeness (QED) is 0.537. The third-order valence-electron chi connectivity index (χ3n) is 2.54. The number of allylic oxidation sites excluding steroid dienone is 1. The maximum absolute atomic E-state index is 11.7. The molecule has 1 aliphatic heterocycles. The van der Waals surface area contributed by atoms with Gasteiger partial charge in [0.25, 0.3) is 0 Å². The van der Waals surface area contributed by atoms with Gasteiger partial charge in [0.2, 0.25) is 0 Å². The number of hydrogen-bond donors (Lipinski definition) is 0. The number of carbonyl (C=O) groups excluding carboxylic acids is 1. The normalized spacial score (nSPS) is 16.7. The molecule has 0 bridgehead atoms. The highest BCUT2D eigenvalue weighted by Gasteiger charge is 2.16. The number of likely N-dealkylation sites (N-methyl/N-ethyl adjacent to an activating group) is 1. The molecule has 0 radical (unpaired) electrons. The predicted molar refractivity (Wildman–Crippen MR) is 73.0 cm³/mol. The molecule has 0 saturated heterocycles. The third kappa shape index (κ3) is 4.67. The number of ether oxygens (including phenoxy) is 1. The van der Waals surface area contributed by atoms with Crippen LogP contribution in [0.5, 0.6) is 0 Å². The fraction of sp³-hybridized carbons (Fsp3) is 0.462. The molecule has 0 spiro atoms. The summed E-state index contributed by atoms with van der Waals surface area (Å²) in [7, 11) is 3.91. The Labute approximate surface area is 113 Å². The van der Waals surface area contributed by atoms with Crippen LogP contribution < -0.4 is 0 Å². The molecule has 19 heavy (non-hydrogen) atoms. The van der Waals surface area contributed by atoms with Crippen molar-refractivity contribution < 1.29 is 9.53 Å². The van der Waals surface area contributed by atoms with Crippen LogP contribution in [0.2, 0.25) is 0 Å². The van der Waals surface area contributed by atoms with E-state index in [0.29, 0.717) is 24.4 Å². The lowest BCUT2D eigenvalue weighted by Gasteiger charge is -2.26. The van der Waals surface area contributed by atoms with Crippen LogP contribution in [0.1, 0.15) is 6.92 Å². The largest absolute Gasteiger partial charge is 0.462 e. The predicted octanol–water partition coefficient (Wildman–Crippen LogP) is 1.47. The maximum atomic E-state index is 11.7. The van der Waals surface area contributed by atoms with Crippen LogP contribution in [-0.4, -0.2) is 49.6 Å². The highest BCUT2D eigenvalue weighted by molar-refractivity contribution is 5.92.